The Morgan fingerprint density at radius 1 is 1.40 bits per heavy atom. The molecule has 0 aliphatic heterocycles. The van der Waals surface area contributed by atoms with Crippen molar-refractivity contribution in [1.29, 1.82) is 0 Å². The molecule has 0 bridgehead atoms. The van der Waals surface area contributed by atoms with Gasteiger partial charge in [-0.05, 0) is 43.1 Å². The minimum atomic E-state index is -0.239. The number of nitrogens with zero attached hydrogens (tertiary/aromatic N) is 2. The second kappa shape index (κ2) is 6.60. The number of hydrogen-bond acceptors (Lipinski definition) is 5. The van der Waals surface area contributed by atoms with Gasteiger partial charge in [0.25, 0.3) is 5.91 Å². The van der Waals surface area contributed by atoms with Gasteiger partial charge in [0.2, 0.25) is 0 Å². The van der Waals surface area contributed by atoms with Crippen LogP contribution in [0.4, 0.5) is 0 Å². The maximum atomic E-state index is 11.6. The first-order chi connectivity index (χ1) is 9.60. The molecule has 6 heteroatoms. The smallest absolute Gasteiger partial charge is 0.275 e. The number of hydrogen-bond donors (Lipinski definition) is 2. The minimum absolute atomic E-state index is 0.239. The molecule has 0 aromatic carbocycles. The van der Waals surface area contributed by atoms with Gasteiger partial charge in [-0.1, -0.05) is 6.07 Å². The van der Waals surface area contributed by atoms with E-state index in [9.17, 15) is 4.79 Å². The third-order valence-electron chi connectivity index (χ3n) is 2.90. The van der Waals surface area contributed by atoms with Gasteiger partial charge in [0, 0.05) is 18.8 Å². The Morgan fingerprint density at radius 3 is 2.90 bits per heavy atom. The van der Waals surface area contributed by atoms with Gasteiger partial charge in [-0.3, -0.25) is 20.1 Å². The molecule has 2 rings (SSSR count). The van der Waals surface area contributed by atoms with Crippen molar-refractivity contribution in [2.24, 2.45) is 5.84 Å². The lowest BCUT2D eigenvalue weighted by Crippen LogP contribution is -2.30. The number of nitrogen functional groups attached to an aromatic ring is 1. The monoisotopic (exact) mass is 290 g/mol. The lowest BCUT2D eigenvalue weighted by molar-refractivity contribution is 0.0956. The van der Waals surface area contributed by atoms with Gasteiger partial charge in [-0.2, -0.15) is 0 Å². The Labute approximate surface area is 122 Å². The molecule has 0 saturated carbocycles. The summed E-state index contributed by atoms with van der Waals surface area (Å²) in [7, 11) is 2.01. The molecule has 0 spiro atoms. The molecule has 3 N–H and O–H groups in total. The van der Waals surface area contributed by atoms with Crippen LogP contribution in [0.2, 0.25) is 0 Å². The Morgan fingerprint density at radius 2 is 2.20 bits per heavy atom. The number of rotatable bonds is 5. The summed E-state index contributed by atoms with van der Waals surface area (Å²) >= 11 is 1.40. The van der Waals surface area contributed by atoms with E-state index in [0.717, 1.165) is 23.5 Å². The summed E-state index contributed by atoms with van der Waals surface area (Å²) in [6.45, 7) is 3.40. The largest absolute Gasteiger partial charge is 0.296 e. The number of carbonyl (C=O) groups is 1. The van der Waals surface area contributed by atoms with Crippen LogP contribution in [0.15, 0.2) is 29.6 Å². The Balaban J connectivity index is 2.03. The zero-order valence-electron chi connectivity index (χ0n) is 11.6. The lowest BCUT2D eigenvalue weighted by atomic mass is 10.2. The molecular weight excluding hydrogens is 272 g/mol. The van der Waals surface area contributed by atoms with Crippen molar-refractivity contribution in [2.45, 2.75) is 20.0 Å². The summed E-state index contributed by atoms with van der Waals surface area (Å²) in [4.78, 5) is 18.9. The van der Waals surface area contributed by atoms with Crippen molar-refractivity contribution in [3.8, 4) is 0 Å². The van der Waals surface area contributed by atoms with E-state index in [2.05, 4.69) is 15.3 Å². The van der Waals surface area contributed by atoms with Crippen LogP contribution < -0.4 is 11.3 Å². The van der Waals surface area contributed by atoms with E-state index in [0.29, 0.717) is 11.4 Å². The van der Waals surface area contributed by atoms with Crippen molar-refractivity contribution < 1.29 is 4.79 Å². The van der Waals surface area contributed by atoms with Gasteiger partial charge in [0.1, 0.15) is 0 Å². The van der Waals surface area contributed by atoms with E-state index in [1.165, 1.54) is 11.3 Å². The fraction of sp³-hybridized carbons (Fsp3) is 0.286. The number of aryl methyl sites for hydroxylation is 1. The summed E-state index contributed by atoms with van der Waals surface area (Å²) in [6, 6.07) is 7.94. The summed E-state index contributed by atoms with van der Waals surface area (Å²) in [5, 5.41) is 1.90. The number of nitrogens with one attached hydrogen (secondary N) is 1. The zero-order chi connectivity index (χ0) is 14.5. The number of aromatic nitrogens is 1. The second-order valence-corrected chi connectivity index (χ2v) is 5.61. The number of amides is 1. The first-order valence-corrected chi connectivity index (χ1v) is 7.16. The number of carbonyl (C=O) groups excluding carboxylic acids is 1. The highest BCUT2D eigenvalue weighted by molar-refractivity contribution is 7.12. The van der Waals surface area contributed by atoms with Gasteiger partial charge in [0.15, 0.2) is 0 Å². The molecule has 20 heavy (non-hydrogen) atoms. The molecule has 106 valence electrons. The van der Waals surface area contributed by atoms with E-state index in [4.69, 9.17) is 5.84 Å². The topological polar surface area (TPSA) is 71.2 Å². The molecule has 0 radical (unpaired) electrons. The molecule has 1 amide bonds. The molecule has 0 aliphatic carbocycles. The summed E-state index contributed by atoms with van der Waals surface area (Å²) in [5.74, 6) is 4.95. The van der Waals surface area contributed by atoms with Crippen LogP contribution in [0.25, 0.3) is 0 Å². The maximum absolute atomic E-state index is 11.6. The first kappa shape index (κ1) is 14.6. The van der Waals surface area contributed by atoms with Crippen molar-refractivity contribution in [1.82, 2.24) is 15.3 Å². The SMILES string of the molecule is Cc1cccc(CN(C)Cc2ccsc2C(=O)NN)n1. The molecule has 0 unspecified atom stereocenters. The zero-order valence-corrected chi connectivity index (χ0v) is 12.4. The van der Waals surface area contributed by atoms with Crippen molar-refractivity contribution in [3.05, 3.63) is 51.5 Å². The van der Waals surface area contributed by atoms with Crippen LogP contribution in [-0.2, 0) is 13.1 Å². The third kappa shape index (κ3) is 3.63. The molecule has 5 nitrogen and oxygen atoms in total. The molecule has 0 aliphatic rings. The molecule has 2 aromatic heterocycles. The molecule has 0 atom stereocenters. The van der Waals surface area contributed by atoms with E-state index in [-0.39, 0.29) is 5.91 Å². The Bertz CT molecular complexity index is 596. The quantitative estimate of drug-likeness (QED) is 0.499. The minimum Gasteiger partial charge on any atom is -0.296 e. The molecule has 0 fully saturated rings. The highest BCUT2D eigenvalue weighted by atomic mass is 32.1. The molecule has 2 aromatic rings. The van der Waals surface area contributed by atoms with Gasteiger partial charge >= 0.3 is 0 Å². The maximum Gasteiger partial charge on any atom is 0.275 e. The summed E-state index contributed by atoms with van der Waals surface area (Å²) < 4.78 is 0. The Kier molecular flexibility index (Phi) is 4.84. The van der Waals surface area contributed by atoms with Crippen LogP contribution in [0.3, 0.4) is 0 Å². The Hall–Kier alpha value is -1.76. The summed E-state index contributed by atoms with van der Waals surface area (Å²) in [6.07, 6.45) is 0. The van der Waals surface area contributed by atoms with E-state index in [1.807, 2.05) is 43.6 Å². The van der Waals surface area contributed by atoms with Crippen molar-refractivity contribution in [3.63, 3.8) is 0 Å². The molecule has 2 heterocycles. The molecule has 0 saturated heterocycles. The second-order valence-electron chi connectivity index (χ2n) is 4.69. The average Bonchev–Trinajstić information content (AvgIpc) is 2.85. The number of hydrazine groups is 1. The fourth-order valence-electron chi connectivity index (χ4n) is 2.04. The summed E-state index contributed by atoms with van der Waals surface area (Å²) in [5.41, 5.74) is 5.19. The number of thiophene rings is 1. The van der Waals surface area contributed by atoms with Crippen LogP contribution in [0.5, 0.6) is 0 Å². The highest BCUT2D eigenvalue weighted by Gasteiger charge is 2.13. The van der Waals surface area contributed by atoms with Crippen LogP contribution in [0.1, 0.15) is 26.6 Å². The molecular formula is C14H18N4OS. The van der Waals surface area contributed by atoms with Gasteiger partial charge < -0.3 is 0 Å². The van der Waals surface area contributed by atoms with Crippen LogP contribution in [0, 0.1) is 6.92 Å². The average molecular weight is 290 g/mol. The fourth-order valence-corrected chi connectivity index (χ4v) is 2.85. The van der Waals surface area contributed by atoms with E-state index < -0.39 is 0 Å². The standard InChI is InChI=1S/C14H18N4OS/c1-10-4-3-5-12(16-10)9-18(2)8-11-6-7-20-13(11)14(19)17-15/h3-7H,8-9,15H2,1-2H3,(H,17,19). The van der Waals surface area contributed by atoms with E-state index in [1.54, 1.807) is 0 Å². The van der Waals surface area contributed by atoms with Crippen molar-refractivity contribution in [2.75, 3.05) is 7.05 Å². The number of pyridine rings is 1. The van der Waals surface area contributed by atoms with Crippen LogP contribution in [-0.4, -0.2) is 22.8 Å². The highest BCUT2D eigenvalue weighted by Crippen LogP contribution is 2.18. The van der Waals surface area contributed by atoms with Gasteiger partial charge in [-0.15, -0.1) is 11.3 Å². The van der Waals surface area contributed by atoms with Crippen LogP contribution >= 0.6 is 11.3 Å². The third-order valence-corrected chi connectivity index (χ3v) is 3.86. The first-order valence-electron chi connectivity index (χ1n) is 6.28. The predicted molar refractivity (Wildman–Crippen MR) is 80.1 cm³/mol. The van der Waals surface area contributed by atoms with Gasteiger partial charge in [-0.25, -0.2) is 5.84 Å². The van der Waals surface area contributed by atoms with E-state index >= 15 is 0 Å². The van der Waals surface area contributed by atoms with Crippen molar-refractivity contribution >= 4 is 17.2 Å². The van der Waals surface area contributed by atoms with Gasteiger partial charge in [0.05, 0.1) is 10.6 Å². The lowest BCUT2D eigenvalue weighted by Gasteiger charge is -2.16. The number of nitrogens with two attached hydrogens (primary N) is 1. The normalized spacial score (nSPS) is 10.8. The predicted octanol–water partition coefficient (Wildman–Crippen LogP) is 1.69.